The molecule has 0 radical (unpaired) electrons. The lowest BCUT2D eigenvalue weighted by atomic mass is 9.83. The van der Waals surface area contributed by atoms with Crippen LogP contribution in [0.4, 0.5) is 4.79 Å². The van der Waals surface area contributed by atoms with Crippen LogP contribution in [0.25, 0.3) is 0 Å². The number of urea groups is 1. The van der Waals surface area contributed by atoms with E-state index in [2.05, 4.69) is 52.4 Å². The molecule has 0 unspecified atom stereocenters. The van der Waals surface area contributed by atoms with Gasteiger partial charge in [-0.3, -0.25) is 9.69 Å². The van der Waals surface area contributed by atoms with Gasteiger partial charge >= 0.3 is 12.0 Å². The van der Waals surface area contributed by atoms with Crippen LogP contribution in [-0.4, -0.2) is 83.2 Å². The maximum atomic E-state index is 13.5. The van der Waals surface area contributed by atoms with Crippen LogP contribution in [0.15, 0.2) is 54.6 Å². The van der Waals surface area contributed by atoms with Crippen LogP contribution in [-0.2, 0) is 10.3 Å². The molecule has 44 heavy (non-hydrogen) atoms. The highest BCUT2D eigenvalue weighted by Gasteiger charge is 2.47. The Morgan fingerprint density at radius 3 is 2.27 bits per heavy atom. The Morgan fingerprint density at radius 1 is 0.977 bits per heavy atom. The molecule has 2 N–H and O–H groups in total. The number of carboxylic acids is 1. The molecule has 2 aliphatic heterocycles. The van der Waals surface area contributed by atoms with Crippen LogP contribution in [0, 0.1) is 11.8 Å². The van der Waals surface area contributed by atoms with Crippen LogP contribution >= 0.6 is 11.6 Å². The Hall–Kier alpha value is -2.61. The van der Waals surface area contributed by atoms with Crippen molar-refractivity contribution in [2.24, 2.45) is 11.8 Å². The van der Waals surface area contributed by atoms with Crippen LogP contribution in [0.5, 0.6) is 0 Å². The van der Waals surface area contributed by atoms with Gasteiger partial charge in [0.15, 0.2) is 0 Å². The Labute approximate surface area is 267 Å². The highest BCUT2D eigenvalue weighted by Crippen LogP contribution is 2.46. The van der Waals surface area contributed by atoms with Crippen molar-refractivity contribution in [3.8, 4) is 0 Å². The van der Waals surface area contributed by atoms with Crippen molar-refractivity contribution >= 4 is 23.6 Å². The van der Waals surface area contributed by atoms with E-state index in [1.165, 1.54) is 12.0 Å². The number of hydrogen-bond donors (Lipinski definition) is 2. The summed E-state index contributed by atoms with van der Waals surface area (Å²) in [4.78, 5) is 33.1. The quantitative estimate of drug-likeness (QED) is 0.314. The van der Waals surface area contributed by atoms with E-state index in [0.29, 0.717) is 23.4 Å². The number of carbonyl (C=O) groups excluding carboxylic acids is 1. The first kappa shape index (κ1) is 31.4. The van der Waals surface area contributed by atoms with Gasteiger partial charge in [-0.15, -0.1) is 0 Å². The third-order valence-corrected chi connectivity index (χ3v) is 11.3. The molecule has 2 aliphatic carbocycles. The second-order valence-electron chi connectivity index (χ2n) is 13.7. The minimum absolute atomic E-state index is 0.0383. The fraction of sp³-hybridized carbons (Fsp3) is 0.611. The fourth-order valence-corrected chi connectivity index (χ4v) is 8.60. The summed E-state index contributed by atoms with van der Waals surface area (Å²) in [5, 5.41) is 14.4. The van der Waals surface area contributed by atoms with Gasteiger partial charge in [-0.25, -0.2) is 4.79 Å². The van der Waals surface area contributed by atoms with Crippen molar-refractivity contribution in [3.63, 3.8) is 0 Å². The lowest BCUT2D eigenvalue weighted by Gasteiger charge is -2.40. The Morgan fingerprint density at radius 2 is 1.66 bits per heavy atom. The molecule has 3 atom stereocenters. The first-order valence-corrected chi connectivity index (χ1v) is 17.3. The average Bonchev–Trinajstić information content (AvgIpc) is 3.70. The van der Waals surface area contributed by atoms with Gasteiger partial charge in [-0.1, -0.05) is 73.3 Å². The van der Waals surface area contributed by atoms with Crippen molar-refractivity contribution < 1.29 is 14.7 Å². The lowest BCUT2D eigenvalue weighted by Crippen LogP contribution is -2.53. The van der Waals surface area contributed by atoms with Crippen LogP contribution in [0.3, 0.4) is 0 Å². The molecule has 7 nitrogen and oxygen atoms in total. The summed E-state index contributed by atoms with van der Waals surface area (Å²) >= 11 is 6.11. The normalized spacial score (nSPS) is 25.4. The van der Waals surface area contributed by atoms with E-state index in [9.17, 15) is 14.7 Å². The summed E-state index contributed by atoms with van der Waals surface area (Å²) in [6, 6.07) is 18.5. The minimum Gasteiger partial charge on any atom is -0.480 e. The number of amides is 2. The number of hydrogen-bond acceptors (Lipinski definition) is 4. The summed E-state index contributed by atoms with van der Waals surface area (Å²) < 4.78 is 0. The number of benzene rings is 2. The average molecular weight is 621 g/mol. The molecular formula is C36H49ClN4O3. The van der Waals surface area contributed by atoms with Gasteiger partial charge in [-0.05, 0) is 80.5 Å². The maximum absolute atomic E-state index is 13.5. The monoisotopic (exact) mass is 620 g/mol. The van der Waals surface area contributed by atoms with Gasteiger partial charge in [0, 0.05) is 56.3 Å². The minimum atomic E-state index is -0.646. The molecule has 2 aromatic rings. The molecule has 2 heterocycles. The highest BCUT2D eigenvalue weighted by molar-refractivity contribution is 6.30. The number of piperidine rings is 1. The summed E-state index contributed by atoms with van der Waals surface area (Å²) in [6.07, 6.45) is 9.43. The smallest absolute Gasteiger partial charge is 0.321 e. The van der Waals surface area contributed by atoms with Crippen LogP contribution in [0.1, 0.15) is 81.8 Å². The number of aliphatic carboxylic acids is 1. The van der Waals surface area contributed by atoms with Gasteiger partial charge in [0.05, 0.1) is 5.54 Å². The number of nitrogens with zero attached hydrogens (tertiary/aromatic N) is 3. The van der Waals surface area contributed by atoms with E-state index >= 15 is 0 Å². The second kappa shape index (κ2) is 13.8. The number of likely N-dealkylation sites (tertiary alicyclic amines) is 2. The molecule has 0 bridgehead atoms. The molecular weight excluding hydrogens is 572 g/mol. The summed E-state index contributed by atoms with van der Waals surface area (Å²) in [7, 11) is 0. The van der Waals surface area contributed by atoms with Crippen molar-refractivity contribution in [2.75, 3.05) is 39.3 Å². The fourth-order valence-electron chi connectivity index (χ4n) is 8.47. The van der Waals surface area contributed by atoms with Gasteiger partial charge in [0.25, 0.3) is 0 Å². The van der Waals surface area contributed by atoms with Crippen molar-refractivity contribution in [1.82, 2.24) is 20.0 Å². The molecule has 0 aromatic heterocycles. The predicted molar refractivity (Wildman–Crippen MR) is 175 cm³/mol. The summed E-state index contributed by atoms with van der Waals surface area (Å²) in [5.41, 5.74) is 2.20. The molecule has 2 aromatic carbocycles. The molecule has 6 rings (SSSR count). The number of rotatable bonds is 10. The summed E-state index contributed by atoms with van der Waals surface area (Å²) in [6.45, 7) is 7.31. The largest absolute Gasteiger partial charge is 0.480 e. The number of nitrogens with one attached hydrogen (secondary N) is 1. The molecule has 2 saturated carbocycles. The molecule has 2 amide bonds. The van der Waals surface area contributed by atoms with E-state index in [-0.39, 0.29) is 29.6 Å². The zero-order chi connectivity index (χ0) is 30.7. The zero-order valence-electron chi connectivity index (χ0n) is 26.2. The van der Waals surface area contributed by atoms with E-state index in [0.717, 1.165) is 89.7 Å². The van der Waals surface area contributed by atoms with Gasteiger partial charge in [0.2, 0.25) is 0 Å². The summed E-state index contributed by atoms with van der Waals surface area (Å²) in [5.74, 6) is 0.332. The predicted octanol–water partition coefficient (Wildman–Crippen LogP) is 6.57. The van der Waals surface area contributed by atoms with Crippen LogP contribution in [0.2, 0.25) is 5.02 Å². The molecule has 2 saturated heterocycles. The third kappa shape index (κ3) is 6.95. The molecule has 238 valence electrons. The number of halogens is 1. The molecule has 4 fully saturated rings. The molecule has 8 heteroatoms. The van der Waals surface area contributed by atoms with Crippen molar-refractivity contribution in [3.05, 3.63) is 70.7 Å². The highest BCUT2D eigenvalue weighted by atomic mass is 35.5. The molecule has 0 spiro atoms. The number of carbonyl (C=O) groups is 2. The Bertz CT molecular complexity index is 1260. The second-order valence-corrected chi connectivity index (χ2v) is 14.2. The van der Waals surface area contributed by atoms with E-state index < -0.39 is 5.97 Å². The Balaban J connectivity index is 1.08. The van der Waals surface area contributed by atoms with Gasteiger partial charge < -0.3 is 20.2 Å². The zero-order valence-corrected chi connectivity index (χ0v) is 26.9. The Kier molecular flexibility index (Phi) is 9.84. The van der Waals surface area contributed by atoms with E-state index in [1.807, 2.05) is 29.2 Å². The van der Waals surface area contributed by atoms with Crippen molar-refractivity contribution in [1.29, 1.82) is 0 Å². The lowest BCUT2D eigenvalue weighted by molar-refractivity contribution is -0.145. The SMILES string of the molecule is CCN(C(=O)NC1(c2ccc(Cl)cc2)CC1)C1CCN(C[C@H]2CN([C@@H](C(=O)O)C3CCCCC3)C[C@@H]2c2ccccc2)CC1. The van der Waals surface area contributed by atoms with E-state index in [1.54, 1.807) is 0 Å². The van der Waals surface area contributed by atoms with E-state index in [4.69, 9.17) is 11.6 Å². The van der Waals surface area contributed by atoms with Gasteiger partial charge in [0.1, 0.15) is 6.04 Å². The van der Waals surface area contributed by atoms with Crippen molar-refractivity contribution in [2.45, 2.75) is 88.3 Å². The topological polar surface area (TPSA) is 76.1 Å². The molecule has 4 aliphatic rings. The standard InChI is InChI=1S/C36H49ClN4O3/c1-2-41(35(44)38-36(19-20-36)29-13-15-30(37)16-14-29)31-17-21-39(22-18-31)23-28-24-40(25-32(28)26-9-5-3-6-10-26)33(34(42)43)27-11-7-4-8-12-27/h3,5-6,9-10,13-16,27-28,31-33H,2,4,7-8,11-12,17-25H2,1H3,(H,38,44)(H,42,43)/t28-,32+,33+/m0/s1. The van der Waals surface area contributed by atoms with Crippen LogP contribution < -0.4 is 5.32 Å². The van der Waals surface area contributed by atoms with Gasteiger partial charge in [-0.2, -0.15) is 0 Å². The first-order chi connectivity index (χ1) is 21.4. The maximum Gasteiger partial charge on any atom is 0.321 e. The first-order valence-electron chi connectivity index (χ1n) is 17.0. The number of carboxylic acid groups (broad SMARTS) is 1. The third-order valence-electron chi connectivity index (χ3n) is 11.0.